The highest BCUT2D eigenvalue weighted by Crippen LogP contribution is 2.59. The van der Waals surface area contributed by atoms with Crippen molar-refractivity contribution in [1.29, 1.82) is 0 Å². The van der Waals surface area contributed by atoms with Gasteiger partial charge >= 0.3 is 5.97 Å². The van der Waals surface area contributed by atoms with Gasteiger partial charge in [-0.25, -0.2) is 0 Å². The third kappa shape index (κ3) is 6.19. The maximum absolute atomic E-state index is 14.7. The van der Waals surface area contributed by atoms with Crippen LogP contribution < -0.4 is 4.90 Å². The smallest absolute Gasteiger partial charge is 0.313 e. The second kappa shape index (κ2) is 14.5. The van der Waals surface area contributed by atoms with E-state index in [1.165, 1.54) is 4.90 Å². The van der Waals surface area contributed by atoms with Gasteiger partial charge in [0.25, 0.3) is 5.91 Å². The summed E-state index contributed by atoms with van der Waals surface area (Å²) in [6, 6.07) is 13.5. The minimum atomic E-state index is -1.26. The van der Waals surface area contributed by atoms with E-state index in [1.54, 1.807) is 29.0 Å². The third-order valence-corrected chi connectivity index (χ3v) is 10.3. The van der Waals surface area contributed by atoms with Gasteiger partial charge in [0.1, 0.15) is 17.7 Å². The van der Waals surface area contributed by atoms with Crippen LogP contribution in [0, 0.1) is 25.7 Å². The number of amides is 3. The third-order valence-electron chi connectivity index (χ3n) is 10.3. The Morgan fingerprint density at radius 1 is 1.15 bits per heavy atom. The van der Waals surface area contributed by atoms with Gasteiger partial charge in [-0.3, -0.25) is 19.2 Å². The molecule has 3 saturated heterocycles. The monoisotopic (exact) mass is 657 g/mol. The zero-order valence-corrected chi connectivity index (χ0v) is 28.3. The first-order chi connectivity index (χ1) is 23.0. The number of esters is 1. The van der Waals surface area contributed by atoms with Crippen LogP contribution in [0.25, 0.3) is 0 Å². The SMILES string of the molecule is C=CCCC(=O)N(C)[C@H](C)[C@H](OC(=O)[C@@H]1[C@H]2C(=O)N(CCO)[C@H](C(=O)N(CC=C)c3cc(C)ccc3C)[C@]23CC[C@H]1O3)c1ccccc1. The number of ether oxygens (including phenoxy) is 2. The number of aliphatic hydroxyl groups excluding tert-OH is 1. The van der Waals surface area contributed by atoms with Crippen LogP contribution in [-0.4, -0.2) is 89.1 Å². The van der Waals surface area contributed by atoms with Crippen molar-refractivity contribution in [3.8, 4) is 0 Å². The summed E-state index contributed by atoms with van der Waals surface area (Å²) in [5.41, 5.74) is 2.00. The van der Waals surface area contributed by atoms with Crippen molar-refractivity contribution in [1.82, 2.24) is 9.80 Å². The number of carbonyl (C=O) groups is 4. The standard InChI is InChI=1S/C38H47N3O7/c1-7-9-15-30(43)39(6)26(5)33(27-13-11-10-12-14-27)47-37(46)31-29-18-19-38(48-29)32(31)35(44)41(21-22-42)34(38)36(45)40(20-8-2)28-23-24(3)16-17-25(28)4/h7-8,10-14,16-17,23,26,29,31-34,42H,1-2,9,15,18-22H2,3-6H3/t26-,29-,31+,32+,33+,34-,38+/m1/s1. The van der Waals surface area contributed by atoms with E-state index < -0.39 is 53.6 Å². The van der Waals surface area contributed by atoms with Crippen molar-refractivity contribution in [3.63, 3.8) is 0 Å². The van der Waals surface area contributed by atoms with Crippen molar-refractivity contribution >= 4 is 29.4 Å². The van der Waals surface area contributed by atoms with E-state index in [2.05, 4.69) is 13.2 Å². The molecule has 0 aromatic heterocycles. The molecule has 1 N–H and O–H groups in total. The van der Waals surface area contributed by atoms with Crippen molar-refractivity contribution in [2.75, 3.05) is 31.6 Å². The van der Waals surface area contributed by atoms with Crippen LogP contribution in [0.15, 0.2) is 73.8 Å². The van der Waals surface area contributed by atoms with Gasteiger partial charge in [0.05, 0.1) is 30.6 Å². The molecule has 7 atom stereocenters. The molecular weight excluding hydrogens is 610 g/mol. The summed E-state index contributed by atoms with van der Waals surface area (Å²) in [4.78, 5) is 60.8. The molecule has 0 aliphatic carbocycles. The summed E-state index contributed by atoms with van der Waals surface area (Å²) in [6.45, 7) is 13.0. The zero-order chi connectivity index (χ0) is 34.7. The minimum absolute atomic E-state index is 0.0840. The van der Waals surface area contributed by atoms with E-state index in [4.69, 9.17) is 9.47 Å². The molecule has 0 saturated carbocycles. The number of benzene rings is 2. The van der Waals surface area contributed by atoms with Gasteiger partial charge in [0.15, 0.2) is 0 Å². The van der Waals surface area contributed by atoms with E-state index in [-0.39, 0.29) is 37.9 Å². The lowest BCUT2D eigenvalue weighted by atomic mass is 9.70. The molecule has 1 spiro atoms. The molecule has 2 aromatic rings. The van der Waals surface area contributed by atoms with E-state index in [9.17, 15) is 24.3 Å². The highest BCUT2D eigenvalue weighted by Gasteiger charge is 2.75. The molecule has 256 valence electrons. The first-order valence-corrected chi connectivity index (χ1v) is 16.7. The van der Waals surface area contributed by atoms with Crippen LogP contribution in [0.2, 0.25) is 0 Å². The lowest BCUT2D eigenvalue weighted by Gasteiger charge is -2.37. The molecule has 2 aromatic carbocycles. The number of aryl methyl sites for hydroxylation is 2. The molecule has 3 aliphatic heterocycles. The molecule has 10 nitrogen and oxygen atoms in total. The molecule has 2 bridgehead atoms. The average molecular weight is 658 g/mol. The van der Waals surface area contributed by atoms with Crippen LogP contribution in [0.3, 0.4) is 0 Å². The number of hydrogen-bond acceptors (Lipinski definition) is 7. The Kier molecular flexibility index (Phi) is 10.6. The van der Waals surface area contributed by atoms with Crippen molar-refractivity contribution < 1.29 is 33.8 Å². The Bertz CT molecular complexity index is 1560. The molecule has 0 unspecified atom stereocenters. The van der Waals surface area contributed by atoms with Crippen LogP contribution in [0.4, 0.5) is 5.69 Å². The predicted octanol–water partition coefficient (Wildman–Crippen LogP) is 4.29. The highest BCUT2D eigenvalue weighted by atomic mass is 16.6. The van der Waals surface area contributed by atoms with Gasteiger partial charge in [-0.2, -0.15) is 0 Å². The Balaban J connectivity index is 1.48. The second-order valence-electron chi connectivity index (χ2n) is 13.2. The van der Waals surface area contributed by atoms with Gasteiger partial charge in [0.2, 0.25) is 11.8 Å². The highest BCUT2D eigenvalue weighted by molar-refractivity contribution is 6.05. The number of rotatable bonds is 14. The largest absolute Gasteiger partial charge is 0.455 e. The van der Waals surface area contributed by atoms with Crippen molar-refractivity contribution in [2.45, 2.75) is 76.3 Å². The Labute approximate surface area is 283 Å². The summed E-state index contributed by atoms with van der Waals surface area (Å²) in [5.74, 6) is -3.40. The fourth-order valence-corrected chi connectivity index (χ4v) is 7.77. The molecule has 5 rings (SSSR count). The summed E-state index contributed by atoms with van der Waals surface area (Å²) in [7, 11) is 1.68. The van der Waals surface area contributed by atoms with Crippen molar-refractivity contribution in [3.05, 3.63) is 90.5 Å². The summed E-state index contributed by atoms with van der Waals surface area (Å²) in [6.07, 6.45) is 3.56. The lowest BCUT2D eigenvalue weighted by molar-refractivity contribution is -0.164. The van der Waals surface area contributed by atoms with Gasteiger partial charge in [0, 0.05) is 32.2 Å². The number of likely N-dealkylation sites (tertiary alicyclic amines) is 1. The lowest BCUT2D eigenvalue weighted by Crippen LogP contribution is -2.57. The molecule has 48 heavy (non-hydrogen) atoms. The van der Waals surface area contributed by atoms with Gasteiger partial charge < -0.3 is 29.3 Å². The Morgan fingerprint density at radius 3 is 2.54 bits per heavy atom. The van der Waals surface area contributed by atoms with Crippen LogP contribution >= 0.6 is 0 Å². The van der Waals surface area contributed by atoms with Crippen LogP contribution in [-0.2, 0) is 28.7 Å². The van der Waals surface area contributed by atoms with Crippen LogP contribution in [0.1, 0.15) is 55.4 Å². The topological polar surface area (TPSA) is 117 Å². The van der Waals surface area contributed by atoms with Crippen LogP contribution in [0.5, 0.6) is 0 Å². The summed E-state index contributed by atoms with van der Waals surface area (Å²) >= 11 is 0. The molecule has 3 aliphatic rings. The van der Waals surface area contributed by atoms with Gasteiger partial charge in [-0.15, -0.1) is 13.2 Å². The summed E-state index contributed by atoms with van der Waals surface area (Å²) in [5, 5.41) is 10.0. The quantitative estimate of drug-likeness (QED) is 0.238. The number of carbonyl (C=O) groups excluding carboxylic acids is 4. The number of nitrogens with zero attached hydrogens (tertiary/aromatic N) is 3. The van der Waals surface area contributed by atoms with E-state index in [1.807, 2.05) is 69.3 Å². The normalized spacial score (nSPS) is 25.3. The summed E-state index contributed by atoms with van der Waals surface area (Å²) < 4.78 is 12.9. The molecular formula is C38H47N3O7. The number of aliphatic hydroxyl groups is 1. The number of fused-ring (bicyclic) bond motifs is 1. The number of hydrogen-bond donors (Lipinski definition) is 1. The number of allylic oxidation sites excluding steroid dienone is 1. The fourth-order valence-electron chi connectivity index (χ4n) is 7.77. The molecule has 3 amide bonds. The Morgan fingerprint density at radius 2 is 1.88 bits per heavy atom. The first-order valence-electron chi connectivity index (χ1n) is 16.7. The second-order valence-corrected chi connectivity index (χ2v) is 13.2. The van der Waals surface area contributed by atoms with E-state index >= 15 is 0 Å². The van der Waals surface area contributed by atoms with Gasteiger partial charge in [-0.05, 0) is 62.8 Å². The predicted molar refractivity (Wildman–Crippen MR) is 182 cm³/mol. The number of β-amino-alcohol motifs (C(OH)–C–C–N with tert-alkyl or cyclic N) is 1. The number of likely N-dealkylation sites (N-methyl/N-ethyl adjacent to an activating group) is 1. The van der Waals surface area contributed by atoms with E-state index in [0.29, 0.717) is 30.5 Å². The molecule has 0 radical (unpaired) electrons. The number of anilines is 1. The molecule has 3 fully saturated rings. The maximum atomic E-state index is 14.7. The van der Waals surface area contributed by atoms with E-state index in [0.717, 1.165) is 11.1 Å². The maximum Gasteiger partial charge on any atom is 0.313 e. The first kappa shape index (κ1) is 35.0. The van der Waals surface area contributed by atoms with Gasteiger partial charge in [-0.1, -0.05) is 54.6 Å². The molecule has 3 heterocycles. The Hall–Kier alpha value is -4.28. The fraction of sp³-hybridized carbons (Fsp3) is 0.474. The van der Waals surface area contributed by atoms with Crippen molar-refractivity contribution in [2.24, 2.45) is 11.8 Å². The molecule has 10 heteroatoms. The minimum Gasteiger partial charge on any atom is -0.455 e. The zero-order valence-electron chi connectivity index (χ0n) is 28.3. The average Bonchev–Trinajstić information content (AvgIpc) is 3.73.